The van der Waals surface area contributed by atoms with E-state index in [0.29, 0.717) is 0 Å². The third kappa shape index (κ3) is 11.4. The molecule has 0 aliphatic rings. The minimum absolute atomic E-state index is 0.135. The largest absolute Gasteiger partial charge is 0.694 e. The molecule has 12 aromatic carbocycles. The zero-order chi connectivity index (χ0) is 54.6. The quantitative estimate of drug-likeness (QED) is 0.0280. The summed E-state index contributed by atoms with van der Waals surface area (Å²) >= 11 is 0. The van der Waals surface area contributed by atoms with Gasteiger partial charge in [-0.2, -0.15) is 0 Å². The molecule has 6 unspecified atom stereocenters. The van der Waals surface area contributed by atoms with E-state index in [-0.39, 0.29) is 25.9 Å². The van der Waals surface area contributed by atoms with E-state index in [1.54, 1.807) is 0 Å². The second kappa shape index (κ2) is 21.9. The van der Waals surface area contributed by atoms with Crippen LogP contribution in [0.3, 0.4) is 0 Å². The molecule has 12 rings (SSSR count). The molecule has 6 atom stereocenters. The molecule has 0 spiro atoms. The van der Waals surface area contributed by atoms with Gasteiger partial charge in [-0.15, -0.1) is 9.42 Å². The van der Waals surface area contributed by atoms with Crippen molar-refractivity contribution in [2.24, 2.45) is 17.8 Å². The second-order valence-electron chi connectivity index (χ2n) is 20.4. The van der Waals surface area contributed by atoms with Crippen molar-refractivity contribution in [3.05, 3.63) is 180 Å². The van der Waals surface area contributed by atoms with Crippen molar-refractivity contribution in [1.29, 1.82) is 0 Å². The van der Waals surface area contributed by atoms with Gasteiger partial charge in [0.05, 0.1) is 33.0 Å². The van der Waals surface area contributed by atoms with Gasteiger partial charge in [-0.1, -0.05) is 164 Å². The van der Waals surface area contributed by atoms with Gasteiger partial charge in [-0.05, 0) is 133 Å². The first kappa shape index (κ1) is 53.7. The zero-order valence-electron chi connectivity index (χ0n) is 42.3. The van der Waals surface area contributed by atoms with Crippen LogP contribution in [0, 0.1) is 17.8 Å². The smallest absolute Gasteiger partial charge is 0.303 e. The molecule has 0 amide bonds. The molecule has 15 nitrogen and oxygen atoms in total. The lowest BCUT2D eigenvalue weighted by Gasteiger charge is -2.24. The maximum absolute atomic E-state index is 13.9. The molecule has 0 saturated carbocycles. The summed E-state index contributed by atoms with van der Waals surface area (Å²) in [5.74, 6) is -2.40. The first-order valence-corrected chi connectivity index (χ1v) is 31.4. The normalized spacial score (nSPS) is 15.6. The highest BCUT2D eigenvalue weighted by Crippen LogP contribution is 2.49. The van der Waals surface area contributed by atoms with Crippen molar-refractivity contribution < 1.29 is 69.9 Å². The van der Waals surface area contributed by atoms with Crippen LogP contribution in [0.5, 0.6) is 0 Å². The summed E-state index contributed by atoms with van der Waals surface area (Å²) in [6, 6.07) is 54.4. The molecule has 0 aliphatic carbocycles. The fraction of sp³-hybridized carbons (Fsp3) is 0.200. The van der Waals surface area contributed by atoms with E-state index in [9.17, 15) is 42.7 Å². The predicted molar refractivity (Wildman–Crippen MR) is 309 cm³/mol. The molecule has 402 valence electrons. The Bertz CT molecular complexity index is 4350. The molecule has 0 aromatic heterocycles. The number of phosphoric ester groups is 3. The number of rotatable bonds is 24. The van der Waals surface area contributed by atoms with Crippen LogP contribution in [0.2, 0.25) is 0 Å². The summed E-state index contributed by atoms with van der Waals surface area (Å²) in [5.41, 5.74) is 2.48. The van der Waals surface area contributed by atoms with Crippen LogP contribution in [-0.4, -0.2) is 64.1 Å². The number of benzene rings is 12. The highest BCUT2D eigenvalue weighted by molar-refractivity contribution is 7.47. The average Bonchev–Trinajstić information content (AvgIpc) is 3.59. The van der Waals surface area contributed by atoms with Crippen LogP contribution in [0.4, 0.5) is 0 Å². The third-order valence-corrected chi connectivity index (χ3v) is 17.9. The summed E-state index contributed by atoms with van der Waals surface area (Å²) in [7, 11) is -17.9. The van der Waals surface area contributed by atoms with Crippen molar-refractivity contribution in [1.82, 2.24) is 0 Å². The molecule has 79 heavy (non-hydrogen) atoms. The first-order chi connectivity index (χ1) is 38.0. The molecular formula is C60H53O15P4+. The van der Waals surface area contributed by atoms with E-state index in [0.717, 1.165) is 114 Å². The monoisotopic (exact) mass is 1140 g/mol. The van der Waals surface area contributed by atoms with Gasteiger partial charge < -0.3 is 19.6 Å². The molecule has 12 aromatic rings. The molecular weight excluding hydrogens is 1080 g/mol. The zero-order valence-corrected chi connectivity index (χ0v) is 45.9. The standard InChI is InChI=1S/C60H52O15P4/c61-76(62)70-31-37(28-49-19-16-46-13-10-40-4-1-7-43-22-25-52(49)58(46)55(40)43)33-72-78(66,67)74-35-39(30-51-21-18-48-15-12-42-6-3-9-45-24-27-54(51)60(48)57(42)45)36-75-79(68,69)73-34-38(32-71-77(63,64)65)29-50-20-17-47-14-11-41-5-2-8-44-23-26-53(50)59(47)56(41)44/h1-27,37-39H,28-36H2,(H4-,61,62,63,64,65,66,67,68,69)/p+1. The number of hydrogen-bond donors (Lipinski definition) is 5. The maximum Gasteiger partial charge on any atom is 0.694 e. The summed E-state index contributed by atoms with van der Waals surface area (Å²) in [5, 5.41) is 18.5. The minimum Gasteiger partial charge on any atom is -0.303 e. The highest BCUT2D eigenvalue weighted by atomic mass is 31.2. The molecule has 0 radical (unpaired) electrons. The van der Waals surface area contributed by atoms with Crippen LogP contribution >= 0.6 is 31.7 Å². The Kier molecular flexibility index (Phi) is 14.9. The van der Waals surface area contributed by atoms with Crippen molar-refractivity contribution >= 4 is 129 Å². The van der Waals surface area contributed by atoms with Gasteiger partial charge in [0.1, 0.15) is 6.61 Å². The van der Waals surface area contributed by atoms with Gasteiger partial charge in [-0.25, -0.2) is 13.7 Å². The van der Waals surface area contributed by atoms with E-state index in [4.69, 9.17) is 27.1 Å². The van der Waals surface area contributed by atoms with Crippen molar-refractivity contribution in [3.8, 4) is 0 Å². The molecule has 0 bridgehead atoms. The van der Waals surface area contributed by atoms with E-state index in [1.807, 2.05) is 127 Å². The lowest BCUT2D eigenvalue weighted by molar-refractivity contribution is 0.0748. The van der Waals surface area contributed by atoms with Crippen LogP contribution in [0.1, 0.15) is 16.7 Å². The lowest BCUT2D eigenvalue weighted by Crippen LogP contribution is -2.21. The Labute approximate surface area is 453 Å². The Balaban J connectivity index is 0.782. The van der Waals surface area contributed by atoms with E-state index in [1.165, 1.54) is 0 Å². The molecule has 0 fully saturated rings. The fourth-order valence-corrected chi connectivity index (χ4v) is 14.1. The van der Waals surface area contributed by atoms with Crippen LogP contribution in [-0.2, 0) is 64.7 Å². The lowest BCUT2D eigenvalue weighted by atomic mass is 9.89. The Morgan fingerprint density at radius 1 is 0.342 bits per heavy atom. The highest BCUT2D eigenvalue weighted by Gasteiger charge is 2.32. The average molecular weight is 1140 g/mol. The molecule has 0 aliphatic heterocycles. The number of phosphoric acid groups is 3. The summed E-state index contributed by atoms with van der Waals surface area (Å²) < 4.78 is 84.4. The number of hydrogen-bond acceptors (Lipinski definition) is 10. The maximum atomic E-state index is 13.9. The Morgan fingerprint density at radius 2 is 0.595 bits per heavy atom. The van der Waals surface area contributed by atoms with Crippen molar-refractivity contribution in [2.75, 3.05) is 39.6 Å². The Morgan fingerprint density at radius 3 is 0.886 bits per heavy atom. The van der Waals surface area contributed by atoms with Crippen LogP contribution < -0.4 is 0 Å². The van der Waals surface area contributed by atoms with E-state index < -0.39 is 82.5 Å². The van der Waals surface area contributed by atoms with Gasteiger partial charge in [-0.3, -0.25) is 22.6 Å². The predicted octanol–water partition coefficient (Wildman–Crippen LogP) is 14.3. The second-order valence-corrected chi connectivity index (χ2v) is 25.3. The summed E-state index contributed by atoms with van der Waals surface area (Å²) in [4.78, 5) is 51.7. The van der Waals surface area contributed by atoms with Crippen molar-refractivity contribution in [2.45, 2.75) is 19.3 Å². The van der Waals surface area contributed by atoms with E-state index in [2.05, 4.69) is 36.4 Å². The SMILES string of the molecule is O=[P+](O)OCC(COP(=O)(O)OCC(COP(=O)(O)OCC(COP(=O)(O)O)Cc1ccc2ccc3cccc4ccc1c2c34)Cc1ccc2ccc3cccc4ccc1c2c34)Cc1ccc2ccc3cccc4ccc1c2c34. The van der Waals surface area contributed by atoms with Crippen molar-refractivity contribution in [3.63, 3.8) is 0 Å². The van der Waals surface area contributed by atoms with Gasteiger partial charge in [0.15, 0.2) is 0 Å². The van der Waals surface area contributed by atoms with Gasteiger partial charge in [0, 0.05) is 22.3 Å². The summed E-state index contributed by atoms with van der Waals surface area (Å²) in [6.07, 6.45) is 0.532. The topological polar surface area (TPSA) is 225 Å². The van der Waals surface area contributed by atoms with Gasteiger partial charge in [0.2, 0.25) is 0 Å². The van der Waals surface area contributed by atoms with Crippen LogP contribution in [0.15, 0.2) is 164 Å². The molecule has 5 N–H and O–H groups in total. The fourth-order valence-electron chi connectivity index (χ4n) is 11.6. The molecule has 19 heteroatoms. The van der Waals surface area contributed by atoms with Gasteiger partial charge in [0.25, 0.3) is 0 Å². The molecule has 0 saturated heterocycles. The Hall–Kier alpha value is -5.89. The molecule has 0 heterocycles. The van der Waals surface area contributed by atoms with Crippen LogP contribution in [0.25, 0.3) is 97.0 Å². The summed E-state index contributed by atoms with van der Waals surface area (Å²) in [6.45, 7) is -2.72. The third-order valence-electron chi connectivity index (χ3n) is 15.2. The minimum atomic E-state index is -4.97. The first-order valence-electron chi connectivity index (χ1n) is 25.7. The van der Waals surface area contributed by atoms with E-state index >= 15 is 0 Å². The van der Waals surface area contributed by atoms with Gasteiger partial charge >= 0.3 is 31.7 Å².